The van der Waals surface area contributed by atoms with E-state index in [1.807, 2.05) is 30.5 Å². The van der Waals surface area contributed by atoms with Gasteiger partial charge in [-0.25, -0.2) is 0 Å². The number of para-hydroxylation sites is 1. The van der Waals surface area contributed by atoms with E-state index in [1.54, 1.807) is 25.2 Å². The lowest BCUT2D eigenvalue weighted by molar-refractivity contribution is -0.121. The van der Waals surface area contributed by atoms with Crippen molar-refractivity contribution in [3.8, 4) is 5.75 Å². The van der Waals surface area contributed by atoms with Crippen molar-refractivity contribution in [3.05, 3.63) is 54.2 Å². The molecular weight excluding hydrogens is 318 g/mol. The van der Waals surface area contributed by atoms with Crippen LogP contribution in [-0.4, -0.2) is 30.5 Å². The third-order valence-corrected chi connectivity index (χ3v) is 4.36. The van der Waals surface area contributed by atoms with Crippen LogP contribution in [0.5, 0.6) is 5.75 Å². The summed E-state index contributed by atoms with van der Waals surface area (Å²) < 4.78 is 5.39. The van der Waals surface area contributed by atoms with Crippen molar-refractivity contribution in [2.24, 2.45) is 0 Å². The lowest BCUT2D eigenvalue weighted by atomic mass is 10.1. The Morgan fingerprint density at radius 2 is 2.12 bits per heavy atom. The highest BCUT2D eigenvalue weighted by molar-refractivity contribution is 6.00. The molecule has 25 heavy (non-hydrogen) atoms. The van der Waals surface area contributed by atoms with Gasteiger partial charge in [-0.15, -0.1) is 0 Å². The highest BCUT2D eigenvalue weighted by Crippen LogP contribution is 2.33. The van der Waals surface area contributed by atoms with Gasteiger partial charge in [0.25, 0.3) is 5.91 Å². The number of aromatic amines is 1. The van der Waals surface area contributed by atoms with Crippen LogP contribution in [0.4, 0.5) is 11.4 Å². The summed E-state index contributed by atoms with van der Waals surface area (Å²) in [5.41, 5.74) is 3.24. The van der Waals surface area contributed by atoms with Crippen LogP contribution in [-0.2, 0) is 16.0 Å². The maximum Gasteiger partial charge on any atom is 0.264 e. The molecule has 3 aromatic rings. The van der Waals surface area contributed by atoms with Gasteiger partial charge in [0.15, 0.2) is 6.61 Å². The normalized spacial score (nSPS) is 13.5. The van der Waals surface area contributed by atoms with E-state index in [4.69, 9.17) is 4.74 Å². The Labute approximate surface area is 144 Å². The van der Waals surface area contributed by atoms with Gasteiger partial charge in [0, 0.05) is 29.8 Å². The zero-order chi connectivity index (χ0) is 17.4. The molecule has 0 atom stereocenters. The average molecular weight is 335 g/mol. The van der Waals surface area contributed by atoms with Crippen LogP contribution in [0.3, 0.4) is 0 Å². The SMILES string of the molecule is CN1C(=O)COc2ccc(NC(=O)Cc3c[nH]c4ccccc34)cc21. The van der Waals surface area contributed by atoms with Crippen molar-refractivity contribution < 1.29 is 14.3 Å². The number of amides is 2. The second-order valence-corrected chi connectivity index (χ2v) is 6.01. The Morgan fingerprint density at radius 1 is 1.28 bits per heavy atom. The van der Waals surface area contributed by atoms with Crippen LogP contribution >= 0.6 is 0 Å². The first-order valence-electron chi connectivity index (χ1n) is 8.00. The van der Waals surface area contributed by atoms with Crippen molar-refractivity contribution in [2.45, 2.75) is 6.42 Å². The van der Waals surface area contributed by atoms with E-state index in [9.17, 15) is 9.59 Å². The molecule has 0 fully saturated rings. The molecule has 0 spiro atoms. The van der Waals surface area contributed by atoms with Crippen LogP contribution in [0.1, 0.15) is 5.56 Å². The van der Waals surface area contributed by atoms with Gasteiger partial charge in [-0.3, -0.25) is 9.59 Å². The maximum atomic E-state index is 12.4. The number of nitrogens with zero attached hydrogens (tertiary/aromatic N) is 1. The molecule has 1 aromatic heterocycles. The number of benzene rings is 2. The Bertz CT molecular complexity index is 977. The summed E-state index contributed by atoms with van der Waals surface area (Å²) in [7, 11) is 1.70. The fraction of sp³-hybridized carbons (Fsp3) is 0.158. The van der Waals surface area contributed by atoms with Gasteiger partial charge in [0.05, 0.1) is 12.1 Å². The maximum absolute atomic E-state index is 12.4. The molecular formula is C19H17N3O3. The summed E-state index contributed by atoms with van der Waals surface area (Å²) in [6.45, 7) is 0.0375. The molecule has 2 heterocycles. The van der Waals surface area contributed by atoms with E-state index in [-0.39, 0.29) is 24.8 Å². The van der Waals surface area contributed by atoms with Crippen LogP contribution in [0, 0.1) is 0 Å². The smallest absolute Gasteiger partial charge is 0.264 e. The predicted octanol–water partition coefficient (Wildman–Crippen LogP) is 2.70. The number of hydrogen-bond donors (Lipinski definition) is 2. The van der Waals surface area contributed by atoms with E-state index in [0.29, 0.717) is 17.1 Å². The molecule has 2 N–H and O–H groups in total. The Kier molecular flexibility index (Phi) is 3.65. The highest BCUT2D eigenvalue weighted by atomic mass is 16.5. The van der Waals surface area contributed by atoms with E-state index in [1.165, 1.54) is 4.90 Å². The minimum Gasteiger partial charge on any atom is -0.482 e. The molecule has 0 radical (unpaired) electrons. The molecule has 4 rings (SSSR count). The summed E-state index contributed by atoms with van der Waals surface area (Å²) in [5.74, 6) is 0.405. The minimum atomic E-state index is -0.116. The first-order chi connectivity index (χ1) is 12.1. The first-order valence-corrected chi connectivity index (χ1v) is 8.00. The zero-order valence-electron chi connectivity index (χ0n) is 13.7. The molecule has 2 aromatic carbocycles. The molecule has 1 aliphatic heterocycles. The standard InChI is InChI=1S/C19H17N3O3/c1-22-16-9-13(6-7-17(16)25-11-19(22)24)21-18(23)8-12-10-20-15-5-3-2-4-14(12)15/h2-7,9-10,20H,8,11H2,1H3,(H,21,23). The number of aromatic nitrogens is 1. The molecule has 0 aliphatic carbocycles. The molecule has 0 saturated carbocycles. The second-order valence-electron chi connectivity index (χ2n) is 6.01. The van der Waals surface area contributed by atoms with Gasteiger partial charge in [-0.2, -0.15) is 0 Å². The van der Waals surface area contributed by atoms with E-state index in [0.717, 1.165) is 16.5 Å². The van der Waals surface area contributed by atoms with E-state index >= 15 is 0 Å². The van der Waals surface area contributed by atoms with Crippen molar-refractivity contribution in [1.29, 1.82) is 0 Å². The van der Waals surface area contributed by atoms with Gasteiger partial charge in [0.2, 0.25) is 5.91 Å². The topological polar surface area (TPSA) is 74.4 Å². The molecule has 0 bridgehead atoms. The molecule has 0 saturated heterocycles. The predicted molar refractivity (Wildman–Crippen MR) is 96.0 cm³/mol. The number of anilines is 2. The quantitative estimate of drug-likeness (QED) is 0.773. The highest BCUT2D eigenvalue weighted by Gasteiger charge is 2.22. The summed E-state index contributed by atoms with van der Waals surface area (Å²) in [6.07, 6.45) is 2.13. The van der Waals surface area contributed by atoms with Gasteiger partial charge < -0.3 is 19.9 Å². The van der Waals surface area contributed by atoms with E-state index in [2.05, 4.69) is 10.3 Å². The third kappa shape index (κ3) is 2.82. The Balaban J connectivity index is 1.52. The minimum absolute atomic E-state index is 0.0375. The van der Waals surface area contributed by atoms with Crippen molar-refractivity contribution >= 4 is 34.1 Å². The van der Waals surface area contributed by atoms with Crippen LogP contribution in [0.15, 0.2) is 48.7 Å². The molecule has 2 amide bonds. The zero-order valence-corrected chi connectivity index (χ0v) is 13.7. The monoisotopic (exact) mass is 335 g/mol. The largest absolute Gasteiger partial charge is 0.482 e. The number of H-pyrrole nitrogens is 1. The number of nitrogens with one attached hydrogen (secondary N) is 2. The summed E-state index contributed by atoms with van der Waals surface area (Å²) in [4.78, 5) is 28.8. The number of ether oxygens (including phenoxy) is 1. The van der Waals surface area contributed by atoms with Crippen LogP contribution in [0.25, 0.3) is 10.9 Å². The lowest BCUT2D eigenvalue weighted by Crippen LogP contribution is -2.35. The molecule has 6 nitrogen and oxygen atoms in total. The van der Waals surface area contributed by atoms with Crippen LogP contribution in [0.2, 0.25) is 0 Å². The molecule has 0 unspecified atom stereocenters. The molecule has 126 valence electrons. The number of likely N-dealkylation sites (N-methyl/N-ethyl adjacent to an activating group) is 1. The number of fused-ring (bicyclic) bond motifs is 2. The number of carbonyl (C=O) groups excluding carboxylic acids is 2. The van der Waals surface area contributed by atoms with Gasteiger partial charge in [-0.05, 0) is 29.8 Å². The Hall–Kier alpha value is -3.28. The fourth-order valence-corrected chi connectivity index (χ4v) is 3.01. The summed E-state index contributed by atoms with van der Waals surface area (Å²) >= 11 is 0. The number of rotatable bonds is 3. The lowest BCUT2D eigenvalue weighted by Gasteiger charge is -2.26. The Morgan fingerprint density at radius 3 is 3.00 bits per heavy atom. The average Bonchev–Trinajstić information content (AvgIpc) is 3.02. The second kappa shape index (κ2) is 5.98. The summed E-state index contributed by atoms with van der Waals surface area (Å²) in [5, 5.41) is 3.93. The van der Waals surface area contributed by atoms with Crippen molar-refractivity contribution in [2.75, 3.05) is 23.9 Å². The van der Waals surface area contributed by atoms with Gasteiger partial charge >= 0.3 is 0 Å². The number of hydrogen-bond acceptors (Lipinski definition) is 3. The van der Waals surface area contributed by atoms with Crippen LogP contribution < -0.4 is 15.0 Å². The summed E-state index contributed by atoms with van der Waals surface area (Å²) in [6, 6.07) is 13.2. The third-order valence-electron chi connectivity index (χ3n) is 4.36. The molecule has 6 heteroatoms. The van der Waals surface area contributed by atoms with Gasteiger partial charge in [0.1, 0.15) is 5.75 Å². The van der Waals surface area contributed by atoms with E-state index < -0.39 is 0 Å². The first kappa shape index (κ1) is 15.3. The molecule has 1 aliphatic rings. The van der Waals surface area contributed by atoms with Crippen molar-refractivity contribution in [3.63, 3.8) is 0 Å². The fourth-order valence-electron chi connectivity index (χ4n) is 3.01. The van der Waals surface area contributed by atoms with Gasteiger partial charge in [-0.1, -0.05) is 18.2 Å². The number of carbonyl (C=O) groups is 2. The van der Waals surface area contributed by atoms with Crippen molar-refractivity contribution in [1.82, 2.24) is 4.98 Å².